The summed E-state index contributed by atoms with van der Waals surface area (Å²) in [5.74, 6) is -2.41. The van der Waals surface area contributed by atoms with Crippen LogP contribution in [-0.2, 0) is 4.79 Å². The van der Waals surface area contributed by atoms with Gasteiger partial charge in [0.25, 0.3) is 11.8 Å². The number of amidine groups is 1. The minimum Gasteiger partial charge on any atom is -0.312 e. The summed E-state index contributed by atoms with van der Waals surface area (Å²) in [5.41, 5.74) is -3.09. The number of hydrogen-bond donors (Lipinski definition) is 1. The summed E-state index contributed by atoms with van der Waals surface area (Å²) >= 11 is 0. The maximum Gasteiger partial charge on any atom is 0.442 e. The van der Waals surface area contributed by atoms with E-state index in [1.165, 1.54) is 18.3 Å². The van der Waals surface area contributed by atoms with Crippen LogP contribution >= 0.6 is 0 Å². The molecule has 1 aromatic carbocycles. The quantitative estimate of drug-likeness (QED) is 0.804. The van der Waals surface area contributed by atoms with Gasteiger partial charge in [0.15, 0.2) is 0 Å². The average Bonchev–Trinajstić information content (AvgIpc) is 3.09. The van der Waals surface area contributed by atoms with Crippen molar-refractivity contribution in [2.24, 2.45) is 4.99 Å². The van der Waals surface area contributed by atoms with E-state index in [4.69, 9.17) is 0 Å². The number of nitrogens with zero attached hydrogens (tertiary/aromatic N) is 3. The van der Waals surface area contributed by atoms with Crippen molar-refractivity contribution >= 4 is 17.6 Å². The number of aromatic nitrogens is 1. The van der Waals surface area contributed by atoms with Gasteiger partial charge in [-0.2, -0.15) is 13.2 Å². The van der Waals surface area contributed by atoms with Gasteiger partial charge in [-0.05, 0) is 25.0 Å². The molecule has 2 aromatic rings. The summed E-state index contributed by atoms with van der Waals surface area (Å²) in [6.45, 7) is 0. The number of pyridine rings is 1. The second kappa shape index (κ2) is 8.13. The standard InChI is InChI=1S/C22H21F3N4O2/c23-22(24,25)21(28-19(30)16-10-7-13-26-14-16)20(31)29(17-11-5-2-6-12-17)18(27-21)15-8-3-1-4-9-15/h1,3-4,7-10,13-14,17H,2,5-6,11-12H2,(H,28,30). The van der Waals surface area contributed by atoms with E-state index in [2.05, 4.69) is 9.98 Å². The van der Waals surface area contributed by atoms with Crippen LogP contribution in [0.5, 0.6) is 0 Å². The van der Waals surface area contributed by atoms with Crippen molar-refractivity contribution in [3.8, 4) is 0 Å². The van der Waals surface area contributed by atoms with Gasteiger partial charge < -0.3 is 5.32 Å². The summed E-state index contributed by atoms with van der Waals surface area (Å²) in [6, 6.07) is 10.6. The van der Waals surface area contributed by atoms with E-state index in [9.17, 15) is 22.8 Å². The summed E-state index contributed by atoms with van der Waals surface area (Å²) in [5, 5.41) is 1.88. The van der Waals surface area contributed by atoms with Gasteiger partial charge >= 0.3 is 11.8 Å². The van der Waals surface area contributed by atoms with E-state index < -0.39 is 29.7 Å². The lowest BCUT2D eigenvalue weighted by molar-refractivity contribution is -0.197. The Morgan fingerprint density at radius 2 is 1.77 bits per heavy atom. The number of rotatable bonds is 4. The molecule has 6 nitrogen and oxygen atoms in total. The predicted octanol–water partition coefficient (Wildman–Crippen LogP) is 3.69. The Balaban J connectivity index is 1.81. The molecule has 1 aliphatic heterocycles. The van der Waals surface area contributed by atoms with Crippen molar-refractivity contribution in [2.45, 2.75) is 50.0 Å². The number of alkyl halides is 3. The van der Waals surface area contributed by atoms with Crippen LogP contribution in [0, 0.1) is 0 Å². The normalized spacial score (nSPS) is 22.4. The zero-order valence-electron chi connectivity index (χ0n) is 16.6. The van der Waals surface area contributed by atoms with Crippen LogP contribution in [0.4, 0.5) is 13.2 Å². The van der Waals surface area contributed by atoms with E-state index in [-0.39, 0.29) is 11.4 Å². The molecule has 162 valence electrons. The highest BCUT2D eigenvalue weighted by atomic mass is 19.4. The van der Waals surface area contributed by atoms with Crippen LogP contribution in [0.1, 0.15) is 48.0 Å². The summed E-state index contributed by atoms with van der Waals surface area (Å²) in [7, 11) is 0. The number of amides is 2. The summed E-state index contributed by atoms with van der Waals surface area (Å²) in [6.07, 6.45) is 1.18. The fraction of sp³-hybridized carbons (Fsp3) is 0.364. The van der Waals surface area contributed by atoms with E-state index in [0.717, 1.165) is 30.4 Å². The van der Waals surface area contributed by atoms with Gasteiger partial charge in [-0.25, -0.2) is 4.99 Å². The van der Waals surface area contributed by atoms with Gasteiger partial charge in [-0.1, -0.05) is 49.6 Å². The van der Waals surface area contributed by atoms with Crippen LogP contribution in [0.15, 0.2) is 59.9 Å². The lowest BCUT2D eigenvalue weighted by atomic mass is 9.93. The van der Waals surface area contributed by atoms with Crippen molar-refractivity contribution < 1.29 is 22.8 Å². The third-order valence-corrected chi connectivity index (χ3v) is 5.63. The number of hydrogen-bond acceptors (Lipinski definition) is 4. The Bertz CT molecular complexity index is 989. The monoisotopic (exact) mass is 430 g/mol. The Morgan fingerprint density at radius 3 is 2.39 bits per heavy atom. The SMILES string of the molecule is O=C(NC1(C(F)(F)F)N=C(c2ccccc2)N(C2CCCCC2)C1=O)c1cccnc1. The molecule has 1 unspecified atom stereocenters. The molecular formula is C22H21F3N4O2. The highest BCUT2D eigenvalue weighted by molar-refractivity contribution is 6.17. The number of benzene rings is 1. The van der Waals surface area contributed by atoms with E-state index >= 15 is 0 Å². The number of nitrogens with one attached hydrogen (secondary N) is 1. The zero-order valence-corrected chi connectivity index (χ0v) is 16.6. The minimum absolute atomic E-state index is 0.0682. The van der Waals surface area contributed by atoms with Crippen molar-refractivity contribution in [1.82, 2.24) is 15.2 Å². The number of carbonyl (C=O) groups is 2. The molecule has 1 fully saturated rings. The molecule has 2 amide bonds. The molecule has 0 radical (unpaired) electrons. The number of aliphatic imine (C=N–C) groups is 1. The Kier molecular flexibility index (Phi) is 5.51. The summed E-state index contributed by atoms with van der Waals surface area (Å²) in [4.78, 5) is 34.8. The maximum absolute atomic E-state index is 14.4. The van der Waals surface area contributed by atoms with Crippen molar-refractivity contribution in [1.29, 1.82) is 0 Å². The molecule has 2 aliphatic rings. The lowest BCUT2D eigenvalue weighted by Crippen LogP contribution is -2.64. The number of carbonyl (C=O) groups excluding carboxylic acids is 2. The fourth-order valence-electron chi connectivity index (χ4n) is 4.07. The first-order valence-electron chi connectivity index (χ1n) is 10.1. The third-order valence-electron chi connectivity index (χ3n) is 5.63. The molecule has 1 saturated carbocycles. The first kappa shape index (κ1) is 21.0. The van der Waals surface area contributed by atoms with Gasteiger partial charge in [0.1, 0.15) is 5.84 Å². The van der Waals surface area contributed by atoms with Gasteiger partial charge in [0, 0.05) is 24.0 Å². The zero-order chi connectivity index (χ0) is 22.1. The molecule has 4 rings (SSSR count). The second-order valence-corrected chi connectivity index (χ2v) is 7.67. The third kappa shape index (κ3) is 3.80. The lowest BCUT2D eigenvalue weighted by Gasteiger charge is -2.34. The molecule has 1 atom stereocenters. The van der Waals surface area contributed by atoms with Crippen molar-refractivity contribution in [3.05, 3.63) is 66.0 Å². The van der Waals surface area contributed by atoms with E-state index in [1.807, 2.05) is 5.32 Å². The van der Waals surface area contributed by atoms with Crippen LogP contribution < -0.4 is 5.32 Å². The highest BCUT2D eigenvalue weighted by Crippen LogP contribution is 2.41. The van der Waals surface area contributed by atoms with Crippen LogP contribution in [0.25, 0.3) is 0 Å². The second-order valence-electron chi connectivity index (χ2n) is 7.67. The largest absolute Gasteiger partial charge is 0.442 e. The smallest absolute Gasteiger partial charge is 0.312 e. The minimum atomic E-state index is -5.13. The van der Waals surface area contributed by atoms with Gasteiger partial charge in [-0.3, -0.25) is 19.5 Å². The molecule has 0 saturated heterocycles. The van der Waals surface area contributed by atoms with Gasteiger partial charge in [-0.15, -0.1) is 0 Å². The fourth-order valence-corrected chi connectivity index (χ4v) is 4.07. The molecule has 0 spiro atoms. The van der Waals surface area contributed by atoms with E-state index in [1.54, 1.807) is 30.3 Å². The maximum atomic E-state index is 14.4. The molecule has 0 bridgehead atoms. The van der Waals surface area contributed by atoms with Crippen molar-refractivity contribution in [2.75, 3.05) is 0 Å². The number of halogens is 3. The van der Waals surface area contributed by atoms with Crippen molar-refractivity contribution in [3.63, 3.8) is 0 Å². The van der Waals surface area contributed by atoms with Crippen LogP contribution in [-0.4, -0.2) is 45.4 Å². The van der Waals surface area contributed by atoms with Crippen LogP contribution in [0.2, 0.25) is 0 Å². The van der Waals surface area contributed by atoms with Crippen LogP contribution in [0.3, 0.4) is 0 Å². The Hall–Kier alpha value is -3.23. The first-order chi connectivity index (χ1) is 14.8. The Labute approximate surface area is 177 Å². The van der Waals surface area contributed by atoms with E-state index in [0.29, 0.717) is 18.4 Å². The average molecular weight is 430 g/mol. The van der Waals surface area contributed by atoms with Gasteiger partial charge in [0.2, 0.25) is 0 Å². The topological polar surface area (TPSA) is 74.7 Å². The Morgan fingerprint density at radius 1 is 1.06 bits per heavy atom. The molecular weight excluding hydrogens is 409 g/mol. The predicted molar refractivity (Wildman–Crippen MR) is 107 cm³/mol. The highest BCUT2D eigenvalue weighted by Gasteiger charge is 2.67. The van der Waals surface area contributed by atoms with Gasteiger partial charge in [0.05, 0.1) is 5.56 Å². The first-order valence-corrected chi connectivity index (χ1v) is 10.1. The molecule has 31 heavy (non-hydrogen) atoms. The summed E-state index contributed by atoms with van der Waals surface area (Å²) < 4.78 is 43.2. The molecule has 1 aliphatic carbocycles. The molecule has 1 N–H and O–H groups in total. The molecule has 9 heteroatoms. The molecule has 1 aromatic heterocycles. The molecule has 2 heterocycles.